The highest BCUT2D eigenvalue weighted by Gasteiger charge is 2.43. The number of fused-ring (bicyclic) bond motifs is 8. The minimum Gasteiger partial charge on any atom is -0.384 e. The monoisotopic (exact) mass is 467 g/mol. The van der Waals surface area contributed by atoms with Gasteiger partial charge in [-0.1, -0.05) is 18.2 Å². The third-order valence-electron chi connectivity index (χ3n) is 6.53. The van der Waals surface area contributed by atoms with Crippen LogP contribution in [0.4, 0.5) is 14.5 Å². The van der Waals surface area contributed by atoms with Gasteiger partial charge in [-0.2, -0.15) is 0 Å². The molecule has 35 heavy (non-hydrogen) atoms. The lowest BCUT2D eigenvalue weighted by Crippen LogP contribution is -2.14. The van der Waals surface area contributed by atoms with Crippen molar-refractivity contribution in [1.82, 2.24) is 0 Å². The van der Waals surface area contributed by atoms with Crippen LogP contribution in [0.3, 0.4) is 0 Å². The van der Waals surface area contributed by atoms with Crippen molar-refractivity contribution in [2.24, 2.45) is 5.73 Å². The number of nitrogen functional groups attached to an aromatic ring is 1. The first-order valence-electron chi connectivity index (χ1n) is 11.0. The molecule has 2 aliphatic heterocycles. The molecule has 0 aromatic heterocycles. The number of amides is 1. The molecule has 4 aromatic rings. The molecule has 7 heteroatoms. The van der Waals surface area contributed by atoms with Gasteiger partial charge in [0.15, 0.2) is 0 Å². The Labute approximate surface area is 199 Å². The summed E-state index contributed by atoms with van der Waals surface area (Å²) in [5.41, 5.74) is 11.9. The van der Waals surface area contributed by atoms with Crippen LogP contribution in [0.25, 0.3) is 11.1 Å². The fourth-order valence-corrected chi connectivity index (χ4v) is 4.81. The Bertz CT molecular complexity index is 1530. The largest absolute Gasteiger partial charge is 0.384 e. The average molecular weight is 467 g/mol. The summed E-state index contributed by atoms with van der Waals surface area (Å²) in [6.45, 7) is 0. The van der Waals surface area contributed by atoms with Crippen LogP contribution in [0.5, 0.6) is 0 Å². The van der Waals surface area contributed by atoms with Crippen LogP contribution in [0, 0.1) is 17.0 Å². The molecule has 0 spiro atoms. The third kappa shape index (κ3) is 3.48. The second kappa shape index (κ2) is 7.85. The van der Waals surface area contributed by atoms with E-state index in [2.05, 4.69) is 5.32 Å². The predicted octanol–water partition coefficient (Wildman–Crippen LogP) is 5.69. The molecule has 172 valence electrons. The van der Waals surface area contributed by atoms with E-state index in [1.807, 2.05) is 30.3 Å². The van der Waals surface area contributed by atoms with Gasteiger partial charge in [0.1, 0.15) is 29.7 Å². The second-order valence-electron chi connectivity index (χ2n) is 8.65. The van der Waals surface area contributed by atoms with Crippen molar-refractivity contribution >= 4 is 17.4 Å². The zero-order chi connectivity index (χ0) is 24.3. The topological polar surface area (TPSA) is 88.2 Å². The van der Waals surface area contributed by atoms with E-state index in [0.29, 0.717) is 27.9 Å². The molecular formula is C28H19F2N3O2. The molecule has 4 N–H and O–H groups in total. The van der Waals surface area contributed by atoms with E-state index in [9.17, 15) is 13.6 Å². The molecule has 0 fully saturated rings. The van der Waals surface area contributed by atoms with Crippen LogP contribution >= 0.6 is 0 Å². The Morgan fingerprint density at radius 1 is 0.800 bits per heavy atom. The van der Waals surface area contributed by atoms with Crippen LogP contribution in [-0.4, -0.2) is 11.7 Å². The third-order valence-corrected chi connectivity index (χ3v) is 6.53. The summed E-state index contributed by atoms with van der Waals surface area (Å²) in [4.78, 5) is 12.9. The van der Waals surface area contributed by atoms with Crippen molar-refractivity contribution in [3.63, 3.8) is 0 Å². The molecule has 4 aromatic carbocycles. The zero-order valence-corrected chi connectivity index (χ0v) is 18.3. The number of ether oxygens (including phenoxy) is 1. The first-order chi connectivity index (χ1) is 16.9. The standard InChI is InChI=1S/C28H19F2N3O2/c29-17-5-10-19(24(30)13-17)15-3-8-20-22(11-15)26-23-12-16(4-9-21(23)25(20)35-26)28(34)33-18-6-1-14(2-7-18)27(31)32/h1-13,25-26H,(H3,31,32)(H,33,34)/t25-,26+/m0/s1. The van der Waals surface area contributed by atoms with Crippen molar-refractivity contribution in [2.75, 3.05) is 5.32 Å². The summed E-state index contributed by atoms with van der Waals surface area (Å²) in [5, 5.41) is 10.3. The number of halogens is 2. The van der Waals surface area contributed by atoms with Crippen molar-refractivity contribution in [3.8, 4) is 11.1 Å². The van der Waals surface area contributed by atoms with Crippen LogP contribution in [-0.2, 0) is 4.74 Å². The summed E-state index contributed by atoms with van der Waals surface area (Å²) in [7, 11) is 0. The molecule has 0 aliphatic carbocycles. The lowest BCUT2D eigenvalue weighted by atomic mass is 9.83. The van der Waals surface area contributed by atoms with E-state index < -0.39 is 11.6 Å². The molecule has 6 rings (SSSR count). The first kappa shape index (κ1) is 21.2. The van der Waals surface area contributed by atoms with Crippen molar-refractivity contribution in [2.45, 2.75) is 12.2 Å². The van der Waals surface area contributed by atoms with E-state index in [-0.39, 0.29) is 24.0 Å². The van der Waals surface area contributed by atoms with E-state index in [0.717, 1.165) is 28.3 Å². The number of benzene rings is 4. The fourth-order valence-electron chi connectivity index (χ4n) is 4.81. The maximum absolute atomic E-state index is 14.4. The van der Waals surface area contributed by atoms with Gasteiger partial charge in [-0.05, 0) is 82.4 Å². The molecule has 1 amide bonds. The molecule has 2 atom stereocenters. The zero-order valence-electron chi connectivity index (χ0n) is 18.3. The SMILES string of the molecule is N=C(N)c1ccc(NC(=O)c2ccc3c(c2)[C@@H]2O[C@H]3c3ccc(-c4ccc(F)cc4F)cc32)cc1. The average Bonchev–Trinajstić information content (AvgIpc) is 3.41. The van der Waals surface area contributed by atoms with Crippen LogP contribution in [0.15, 0.2) is 78.9 Å². The van der Waals surface area contributed by atoms with Crippen molar-refractivity contribution in [1.29, 1.82) is 5.41 Å². The molecule has 5 nitrogen and oxygen atoms in total. The quantitative estimate of drug-likeness (QED) is 0.266. The molecule has 2 bridgehead atoms. The Kier molecular flexibility index (Phi) is 4.76. The van der Waals surface area contributed by atoms with Crippen LogP contribution in [0.1, 0.15) is 50.4 Å². The highest BCUT2D eigenvalue weighted by Crippen LogP contribution is 2.54. The predicted molar refractivity (Wildman–Crippen MR) is 128 cm³/mol. The highest BCUT2D eigenvalue weighted by atomic mass is 19.1. The summed E-state index contributed by atoms with van der Waals surface area (Å²) in [6.07, 6.45) is -0.607. The summed E-state index contributed by atoms with van der Waals surface area (Å²) < 4.78 is 33.9. The molecular weight excluding hydrogens is 448 g/mol. The number of anilines is 1. The molecule has 0 unspecified atom stereocenters. The van der Waals surface area contributed by atoms with Gasteiger partial charge in [-0.3, -0.25) is 10.2 Å². The smallest absolute Gasteiger partial charge is 0.255 e. The van der Waals surface area contributed by atoms with Gasteiger partial charge in [0.2, 0.25) is 0 Å². The summed E-state index contributed by atoms with van der Waals surface area (Å²) >= 11 is 0. The maximum atomic E-state index is 14.4. The molecule has 0 radical (unpaired) electrons. The number of nitrogens with one attached hydrogen (secondary N) is 2. The van der Waals surface area contributed by atoms with Gasteiger partial charge in [0.25, 0.3) is 5.91 Å². The second-order valence-corrected chi connectivity index (χ2v) is 8.65. The number of amidine groups is 1. The van der Waals surface area contributed by atoms with E-state index >= 15 is 0 Å². The number of carbonyl (C=O) groups is 1. The fraction of sp³-hybridized carbons (Fsp3) is 0.0714. The maximum Gasteiger partial charge on any atom is 0.255 e. The highest BCUT2D eigenvalue weighted by molar-refractivity contribution is 6.05. The van der Waals surface area contributed by atoms with Crippen molar-refractivity contribution < 1.29 is 18.3 Å². The Hall–Kier alpha value is -4.36. The van der Waals surface area contributed by atoms with Gasteiger partial charge in [-0.15, -0.1) is 0 Å². The summed E-state index contributed by atoms with van der Waals surface area (Å²) in [5.74, 6) is -1.55. The van der Waals surface area contributed by atoms with E-state index in [4.69, 9.17) is 15.9 Å². The molecule has 0 saturated carbocycles. The lowest BCUT2D eigenvalue weighted by molar-refractivity contribution is 0.0857. The van der Waals surface area contributed by atoms with E-state index in [1.54, 1.807) is 30.3 Å². The summed E-state index contributed by atoms with van der Waals surface area (Å²) in [6, 6.07) is 21.4. The molecule has 0 saturated heterocycles. The number of carbonyl (C=O) groups excluding carboxylic acids is 1. The number of nitrogens with two attached hydrogens (primary N) is 1. The Balaban J connectivity index is 1.29. The Morgan fingerprint density at radius 3 is 2.17 bits per heavy atom. The Morgan fingerprint density at radius 2 is 1.46 bits per heavy atom. The number of hydrogen-bond acceptors (Lipinski definition) is 3. The van der Waals surface area contributed by atoms with Gasteiger partial charge < -0.3 is 15.8 Å². The van der Waals surface area contributed by atoms with E-state index in [1.165, 1.54) is 12.1 Å². The first-order valence-corrected chi connectivity index (χ1v) is 11.0. The lowest BCUT2D eigenvalue weighted by Gasteiger charge is -2.18. The number of rotatable bonds is 4. The van der Waals surface area contributed by atoms with Gasteiger partial charge >= 0.3 is 0 Å². The molecule has 2 aliphatic rings. The molecule has 2 heterocycles. The minimum atomic E-state index is -0.621. The van der Waals surface area contributed by atoms with Gasteiger partial charge in [0.05, 0.1) is 0 Å². The number of hydrogen-bond donors (Lipinski definition) is 3. The van der Waals surface area contributed by atoms with Crippen LogP contribution in [0.2, 0.25) is 0 Å². The van der Waals surface area contributed by atoms with Gasteiger partial charge in [0, 0.05) is 28.4 Å². The normalized spacial score (nSPS) is 17.1. The van der Waals surface area contributed by atoms with Gasteiger partial charge in [-0.25, -0.2) is 8.78 Å². The van der Waals surface area contributed by atoms with Crippen LogP contribution < -0.4 is 11.1 Å². The van der Waals surface area contributed by atoms with Crippen molar-refractivity contribution in [3.05, 3.63) is 124 Å². The minimum absolute atomic E-state index is 0.0397.